The molecule has 3 heteroatoms. The molecule has 0 aromatic heterocycles. The first-order chi connectivity index (χ1) is 9.67. The van der Waals surface area contributed by atoms with Gasteiger partial charge in [0.25, 0.3) is 0 Å². The first kappa shape index (κ1) is 15.2. The molecule has 0 spiro atoms. The highest BCUT2D eigenvalue weighted by atomic mass is 16.3. The Morgan fingerprint density at radius 2 is 1.85 bits per heavy atom. The molecule has 20 heavy (non-hydrogen) atoms. The van der Waals surface area contributed by atoms with Crippen molar-refractivity contribution in [1.82, 2.24) is 4.90 Å². The lowest BCUT2D eigenvalue weighted by Crippen LogP contribution is -2.37. The van der Waals surface area contributed by atoms with Gasteiger partial charge in [0.05, 0.1) is 0 Å². The molecular formula is C17H27NO2. The van der Waals surface area contributed by atoms with E-state index in [9.17, 15) is 10.2 Å². The molecule has 0 bridgehead atoms. The fourth-order valence-corrected chi connectivity index (χ4v) is 3.37. The molecule has 0 aliphatic heterocycles. The quantitative estimate of drug-likeness (QED) is 0.640. The molecule has 1 atom stereocenters. The third-order valence-electron chi connectivity index (χ3n) is 4.32. The van der Waals surface area contributed by atoms with Crippen molar-refractivity contribution in [3.05, 3.63) is 23.3 Å². The van der Waals surface area contributed by atoms with Crippen LogP contribution in [0.4, 0.5) is 0 Å². The van der Waals surface area contributed by atoms with Gasteiger partial charge < -0.3 is 15.1 Å². The van der Waals surface area contributed by atoms with E-state index in [-0.39, 0.29) is 11.5 Å². The smallest absolute Gasteiger partial charge is 0.160 e. The zero-order chi connectivity index (χ0) is 14.5. The Morgan fingerprint density at radius 1 is 1.15 bits per heavy atom. The van der Waals surface area contributed by atoms with Gasteiger partial charge in [-0.15, -0.1) is 0 Å². The Hall–Kier alpha value is -1.22. The molecule has 0 amide bonds. The van der Waals surface area contributed by atoms with Crippen LogP contribution in [0, 0.1) is 0 Å². The lowest BCUT2D eigenvalue weighted by atomic mass is 9.99. The number of hydrogen-bond acceptors (Lipinski definition) is 3. The van der Waals surface area contributed by atoms with Crippen molar-refractivity contribution < 1.29 is 10.2 Å². The Labute approximate surface area is 122 Å². The number of rotatable bonds is 5. The molecule has 1 aliphatic carbocycles. The number of hydrogen-bond donors (Lipinski definition) is 2. The summed E-state index contributed by atoms with van der Waals surface area (Å²) in [4.78, 5) is 2.60. The third kappa shape index (κ3) is 3.26. The topological polar surface area (TPSA) is 43.7 Å². The largest absolute Gasteiger partial charge is 0.504 e. The van der Waals surface area contributed by atoms with E-state index in [0.717, 1.165) is 37.9 Å². The van der Waals surface area contributed by atoms with Gasteiger partial charge in [-0.05, 0) is 63.2 Å². The van der Waals surface area contributed by atoms with Crippen LogP contribution < -0.4 is 0 Å². The van der Waals surface area contributed by atoms with Gasteiger partial charge in [-0.3, -0.25) is 0 Å². The average molecular weight is 277 g/mol. The van der Waals surface area contributed by atoms with E-state index < -0.39 is 0 Å². The van der Waals surface area contributed by atoms with Crippen molar-refractivity contribution in [1.29, 1.82) is 0 Å². The van der Waals surface area contributed by atoms with Gasteiger partial charge in [-0.1, -0.05) is 19.9 Å². The van der Waals surface area contributed by atoms with E-state index >= 15 is 0 Å². The zero-order valence-electron chi connectivity index (χ0n) is 12.7. The van der Waals surface area contributed by atoms with Crippen LogP contribution in [-0.2, 0) is 12.8 Å². The van der Waals surface area contributed by atoms with E-state index in [1.165, 1.54) is 24.8 Å². The monoisotopic (exact) mass is 277 g/mol. The summed E-state index contributed by atoms with van der Waals surface area (Å²) in [5, 5.41) is 19.7. The molecular weight excluding hydrogens is 250 g/mol. The first-order valence-corrected chi connectivity index (χ1v) is 7.94. The molecule has 2 rings (SSSR count). The van der Waals surface area contributed by atoms with Crippen LogP contribution in [0.2, 0.25) is 0 Å². The highest BCUT2D eigenvalue weighted by Crippen LogP contribution is 2.35. The highest BCUT2D eigenvalue weighted by molar-refractivity contribution is 5.49. The van der Waals surface area contributed by atoms with E-state index in [1.54, 1.807) is 6.07 Å². The lowest BCUT2D eigenvalue weighted by molar-refractivity contribution is 0.185. The summed E-state index contributed by atoms with van der Waals surface area (Å²) in [6, 6.07) is 4.18. The van der Waals surface area contributed by atoms with Crippen LogP contribution in [0.5, 0.6) is 11.5 Å². The van der Waals surface area contributed by atoms with Crippen molar-refractivity contribution in [2.75, 3.05) is 13.1 Å². The second-order valence-corrected chi connectivity index (χ2v) is 5.86. The average Bonchev–Trinajstić information content (AvgIpc) is 2.65. The minimum atomic E-state index is 0.0150. The van der Waals surface area contributed by atoms with Crippen LogP contribution >= 0.6 is 0 Å². The van der Waals surface area contributed by atoms with Crippen LogP contribution in [0.1, 0.15) is 50.7 Å². The highest BCUT2D eigenvalue weighted by Gasteiger charge is 2.24. The summed E-state index contributed by atoms with van der Waals surface area (Å²) in [7, 11) is 0. The Morgan fingerprint density at radius 3 is 2.50 bits per heavy atom. The summed E-state index contributed by atoms with van der Waals surface area (Å²) in [5.74, 6) is 0.113. The normalized spacial score (nSPS) is 18.9. The number of fused-ring (bicyclic) bond motifs is 1. The van der Waals surface area contributed by atoms with E-state index in [0.29, 0.717) is 6.04 Å². The number of benzene rings is 1. The van der Waals surface area contributed by atoms with Gasteiger partial charge in [0.2, 0.25) is 0 Å². The molecule has 2 N–H and O–H groups in total. The van der Waals surface area contributed by atoms with Gasteiger partial charge >= 0.3 is 0 Å². The summed E-state index contributed by atoms with van der Waals surface area (Å²) in [6.45, 7) is 6.77. The van der Waals surface area contributed by atoms with Crippen LogP contribution in [0.3, 0.4) is 0 Å². The fraction of sp³-hybridized carbons (Fsp3) is 0.647. The molecule has 1 aromatic carbocycles. The molecule has 112 valence electrons. The minimum absolute atomic E-state index is 0.0150. The van der Waals surface area contributed by atoms with Crippen molar-refractivity contribution in [3.63, 3.8) is 0 Å². The van der Waals surface area contributed by atoms with Crippen molar-refractivity contribution in [2.45, 2.75) is 58.4 Å². The van der Waals surface area contributed by atoms with Crippen LogP contribution in [0.25, 0.3) is 0 Å². The van der Waals surface area contributed by atoms with Gasteiger partial charge in [-0.25, -0.2) is 0 Å². The zero-order valence-corrected chi connectivity index (χ0v) is 12.7. The SMILES string of the molecule is CCCN(CCC)[C@H]1CCCc2c(ccc(O)c2O)C1. The summed E-state index contributed by atoms with van der Waals surface area (Å²) < 4.78 is 0. The Balaban J connectivity index is 2.20. The molecule has 0 saturated heterocycles. The van der Waals surface area contributed by atoms with Crippen molar-refractivity contribution >= 4 is 0 Å². The van der Waals surface area contributed by atoms with Gasteiger partial charge in [0, 0.05) is 11.6 Å². The van der Waals surface area contributed by atoms with E-state index in [2.05, 4.69) is 18.7 Å². The molecule has 1 aliphatic rings. The molecule has 0 fully saturated rings. The first-order valence-electron chi connectivity index (χ1n) is 7.94. The molecule has 0 heterocycles. The molecule has 0 radical (unpaired) electrons. The number of aromatic hydroxyl groups is 2. The molecule has 1 aromatic rings. The molecule has 0 unspecified atom stereocenters. The van der Waals surface area contributed by atoms with Crippen molar-refractivity contribution in [3.8, 4) is 11.5 Å². The Kier molecular flexibility index (Phi) is 5.30. The molecule has 3 nitrogen and oxygen atoms in total. The Bertz CT molecular complexity index is 439. The standard InChI is InChI=1S/C17H27NO2/c1-3-10-18(11-4-2)14-6-5-7-15-13(12-14)8-9-16(19)17(15)20/h8-9,14,19-20H,3-7,10-12H2,1-2H3/t14-/m0/s1. The maximum absolute atomic E-state index is 10.0. The van der Waals surface area contributed by atoms with E-state index in [4.69, 9.17) is 0 Å². The predicted molar refractivity (Wildman–Crippen MR) is 82.4 cm³/mol. The third-order valence-corrected chi connectivity index (χ3v) is 4.32. The fourth-order valence-electron chi connectivity index (χ4n) is 3.37. The number of nitrogens with zero attached hydrogens (tertiary/aromatic N) is 1. The molecule has 0 saturated carbocycles. The number of phenols is 2. The summed E-state index contributed by atoms with van der Waals surface area (Å²) in [5.41, 5.74) is 2.17. The maximum atomic E-state index is 10.0. The van der Waals surface area contributed by atoms with Crippen molar-refractivity contribution in [2.24, 2.45) is 0 Å². The van der Waals surface area contributed by atoms with Gasteiger partial charge in [-0.2, -0.15) is 0 Å². The van der Waals surface area contributed by atoms with Crippen LogP contribution in [0.15, 0.2) is 12.1 Å². The summed E-state index contributed by atoms with van der Waals surface area (Å²) >= 11 is 0. The lowest BCUT2D eigenvalue weighted by Gasteiger charge is -2.30. The van der Waals surface area contributed by atoms with Crippen LogP contribution in [-0.4, -0.2) is 34.2 Å². The second-order valence-electron chi connectivity index (χ2n) is 5.86. The minimum Gasteiger partial charge on any atom is -0.504 e. The predicted octanol–water partition coefficient (Wildman–Crippen LogP) is 3.47. The number of phenolic OH excluding ortho intramolecular Hbond substituents is 2. The van der Waals surface area contributed by atoms with E-state index in [1.807, 2.05) is 6.07 Å². The maximum Gasteiger partial charge on any atom is 0.160 e. The van der Waals surface area contributed by atoms with Gasteiger partial charge in [0.1, 0.15) is 0 Å². The second kappa shape index (κ2) is 6.98. The summed E-state index contributed by atoms with van der Waals surface area (Å²) in [6.07, 6.45) is 6.49. The van der Waals surface area contributed by atoms with Gasteiger partial charge in [0.15, 0.2) is 11.5 Å².